The van der Waals surface area contributed by atoms with E-state index in [-0.39, 0.29) is 11.7 Å². The predicted molar refractivity (Wildman–Crippen MR) is 135 cm³/mol. The number of carbonyl (C=O) groups excluding carboxylic acids is 1. The molecule has 0 amide bonds. The van der Waals surface area contributed by atoms with Gasteiger partial charge in [-0.1, -0.05) is 30.9 Å². The quantitative estimate of drug-likeness (QED) is 0.227. The third-order valence-corrected chi connectivity index (χ3v) is 6.32. The summed E-state index contributed by atoms with van der Waals surface area (Å²) in [6, 6.07) is 16.8. The molecule has 0 radical (unpaired) electrons. The third kappa shape index (κ3) is 4.45. The highest BCUT2D eigenvalue weighted by Crippen LogP contribution is 2.42. The Kier molecular flexibility index (Phi) is 6.26. The Hall–Kier alpha value is -4.81. The molecule has 176 valence electrons. The molecule has 1 atom stereocenters. The lowest BCUT2D eigenvalue weighted by Gasteiger charge is -2.28. The van der Waals surface area contributed by atoms with Crippen LogP contribution in [0.1, 0.15) is 36.8 Å². The number of esters is 1. The zero-order valence-electron chi connectivity index (χ0n) is 19.5. The Morgan fingerprint density at radius 1 is 1.11 bits per heavy atom. The van der Waals surface area contributed by atoms with Crippen LogP contribution in [0.25, 0.3) is 11.6 Å². The molecular weight excluding hydrogens is 452 g/mol. The van der Waals surface area contributed by atoms with Crippen LogP contribution in [0, 0.1) is 22.7 Å². The summed E-state index contributed by atoms with van der Waals surface area (Å²) in [5.74, 6) is 1.95. The molecule has 2 aromatic carbocycles. The minimum Gasteiger partial charge on any atom is -0.485 e. The normalized spacial score (nSPS) is 17.8. The van der Waals surface area contributed by atoms with Crippen LogP contribution in [0.15, 0.2) is 89.8 Å². The molecule has 0 fully saturated rings. The Balaban J connectivity index is 1.44. The van der Waals surface area contributed by atoms with Gasteiger partial charge in [-0.3, -0.25) is 0 Å². The number of ether oxygens (including phenoxy) is 3. The number of allylic oxidation sites excluding steroid dienone is 4. The summed E-state index contributed by atoms with van der Waals surface area (Å²) in [5, 5.41) is 18.9. The smallest absolute Gasteiger partial charge is 0.335 e. The summed E-state index contributed by atoms with van der Waals surface area (Å²) >= 11 is 0. The molecule has 2 aliphatic heterocycles. The lowest BCUT2D eigenvalue weighted by molar-refractivity contribution is -0.128. The summed E-state index contributed by atoms with van der Waals surface area (Å²) in [6.07, 6.45) is 10.1. The highest BCUT2D eigenvalue weighted by molar-refractivity contribution is 5.83. The average molecular weight is 475 g/mol. The fraction of sp³-hybridized carbons (Fsp3) is 0.167. The summed E-state index contributed by atoms with van der Waals surface area (Å²) in [4.78, 5) is 11.6. The van der Waals surface area contributed by atoms with Gasteiger partial charge in [0.25, 0.3) is 0 Å². The number of benzene rings is 2. The van der Waals surface area contributed by atoms with Crippen molar-refractivity contribution in [1.29, 1.82) is 10.5 Å². The molecule has 1 aliphatic carbocycles. The summed E-state index contributed by atoms with van der Waals surface area (Å²) in [5.41, 5.74) is 4.68. The van der Waals surface area contributed by atoms with Gasteiger partial charge in [-0.25, -0.2) is 4.79 Å². The maximum absolute atomic E-state index is 11.6. The fourth-order valence-electron chi connectivity index (χ4n) is 4.63. The second-order valence-corrected chi connectivity index (χ2v) is 8.60. The van der Waals surface area contributed by atoms with Crippen LogP contribution in [-0.2, 0) is 4.79 Å². The molecule has 0 spiro atoms. The van der Waals surface area contributed by atoms with Crippen LogP contribution in [-0.4, -0.2) is 12.1 Å². The molecule has 0 aromatic heterocycles. The average Bonchev–Trinajstić information content (AvgIpc) is 2.91. The van der Waals surface area contributed by atoms with Crippen molar-refractivity contribution in [3.63, 3.8) is 0 Å². The number of fused-ring (bicyclic) bond motifs is 3. The summed E-state index contributed by atoms with van der Waals surface area (Å²) < 4.78 is 17.7. The lowest BCUT2D eigenvalue weighted by atomic mass is 9.88. The molecule has 6 heteroatoms. The van der Waals surface area contributed by atoms with Gasteiger partial charge in [0.05, 0.1) is 0 Å². The van der Waals surface area contributed by atoms with Gasteiger partial charge in [-0.05, 0) is 66.3 Å². The van der Waals surface area contributed by atoms with E-state index in [1.165, 1.54) is 0 Å². The van der Waals surface area contributed by atoms with Gasteiger partial charge >= 0.3 is 5.97 Å². The summed E-state index contributed by atoms with van der Waals surface area (Å²) in [7, 11) is 0. The predicted octanol–water partition coefficient (Wildman–Crippen LogP) is 6.20. The van der Waals surface area contributed by atoms with E-state index in [2.05, 4.69) is 12.7 Å². The minimum absolute atomic E-state index is 0.106. The highest BCUT2D eigenvalue weighted by atomic mass is 16.5. The largest absolute Gasteiger partial charge is 0.485 e. The Morgan fingerprint density at radius 3 is 2.75 bits per heavy atom. The monoisotopic (exact) mass is 474 g/mol. The van der Waals surface area contributed by atoms with Crippen molar-refractivity contribution >= 4 is 17.6 Å². The molecule has 2 aromatic rings. The molecule has 5 rings (SSSR count). The second kappa shape index (κ2) is 9.82. The van der Waals surface area contributed by atoms with Crippen molar-refractivity contribution in [3.8, 4) is 29.4 Å². The van der Waals surface area contributed by atoms with Crippen molar-refractivity contribution in [2.45, 2.75) is 31.8 Å². The van der Waals surface area contributed by atoms with Crippen LogP contribution >= 0.6 is 0 Å². The van der Waals surface area contributed by atoms with E-state index in [1.54, 1.807) is 12.1 Å². The van der Waals surface area contributed by atoms with Crippen LogP contribution in [0.2, 0.25) is 0 Å². The Morgan fingerprint density at radius 2 is 1.94 bits per heavy atom. The number of para-hydroxylation sites is 1. The first-order valence-corrected chi connectivity index (χ1v) is 11.7. The molecule has 0 bridgehead atoms. The molecule has 3 aliphatic rings. The van der Waals surface area contributed by atoms with Crippen molar-refractivity contribution in [2.75, 3.05) is 0 Å². The molecule has 36 heavy (non-hydrogen) atoms. The number of carbonyl (C=O) groups is 1. The van der Waals surface area contributed by atoms with E-state index in [4.69, 9.17) is 14.2 Å². The van der Waals surface area contributed by atoms with Gasteiger partial charge in [-0.15, -0.1) is 0 Å². The van der Waals surface area contributed by atoms with Gasteiger partial charge in [0.15, 0.2) is 0 Å². The van der Waals surface area contributed by atoms with Crippen LogP contribution in [0.4, 0.5) is 0 Å². The first-order chi connectivity index (χ1) is 17.6. The van der Waals surface area contributed by atoms with E-state index in [0.717, 1.165) is 53.4 Å². The number of nitriles is 2. The SMILES string of the molecule is C=CC(=O)Oc1ccc2c(c1)OC1=C(/C=C/C3CC(=C(C#N)C#N)c4ccccc4O3)CCCC1=C2. The van der Waals surface area contributed by atoms with Crippen LogP contribution < -0.4 is 14.2 Å². The van der Waals surface area contributed by atoms with Crippen molar-refractivity contribution < 1.29 is 19.0 Å². The minimum atomic E-state index is -0.527. The third-order valence-electron chi connectivity index (χ3n) is 6.32. The Labute approximate surface area is 209 Å². The maximum atomic E-state index is 11.6. The van der Waals surface area contributed by atoms with E-state index >= 15 is 0 Å². The van der Waals surface area contributed by atoms with Gasteiger partial charge in [0.1, 0.15) is 46.8 Å². The maximum Gasteiger partial charge on any atom is 0.335 e. The first kappa shape index (κ1) is 23.0. The zero-order valence-corrected chi connectivity index (χ0v) is 19.5. The van der Waals surface area contributed by atoms with E-state index in [1.807, 2.05) is 54.6 Å². The van der Waals surface area contributed by atoms with E-state index < -0.39 is 5.97 Å². The number of hydrogen-bond acceptors (Lipinski definition) is 6. The van der Waals surface area contributed by atoms with Gasteiger partial charge in [0, 0.05) is 29.7 Å². The summed E-state index contributed by atoms with van der Waals surface area (Å²) in [6.45, 7) is 3.43. The highest BCUT2D eigenvalue weighted by Gasteiger charge is 2.27. The topological polar surface area (TPSA) is 92.3 Å². The van der Waals surface area contributed by atoms with Crippen molar-refractivity contribution in [2.24, 2.45) is 0 Å². The number of hydrogen-bond donors (Lipinski definition) is 0. The van der Waals surface area contributed by atoms with Crippen molar-refractivity contribution in [1.82, 2.24) is 0 Å². The van der Waals surface area contributed by atoms with Crippen molar-refractivity contribution in [3.05, 3.63) is 101 Å². The standard InChI is InChI=1S/C30H22N2O4/c1-2-29(33)35-24-13-11-20-14-21-7-5-6-19(30(21)36-28(20)16-24)10-12-23-15-26(22(17-31)18-32)25-8-3-4-9-27(25)34-23/h2-4,8-14,16,23H,1,5-7,15H2/b12-10+. The van der Waals surface area contributed by atoms with Crippen LogP contribution in [0.3, 0.4) is 0 Å². The molecule has 0 saturated carbocycles. The molecule has 1 unspecified atom stereocenters. The number of rotatable bonds is 4. The second-order valence-electron chi connectivity index (χ2n) is 8.60. The molecule has 6 nitrogen and oxygen atoms in total. The molecule has 2 heterocycles. The van der Waals surface area contributed by atoms with Gasteiger partial charge < -0.3 is 14.2 Å². The first-order valence-electron chi connectivity index (χ1n) is 11.7. The van der Waals surface area contributed by atoms with E-state index in [9.17, 15) is 15.3 Å². The van der Waals surface area contributed by atoms with Gasteiger partial charge in [0.2, 0.25) is 0 Å². The lowest BCUT2D eigenvalue weighted by Crippen LogP contribution is -2.20. The fourth-order valence-corrected chi connectivity index (χ4v) is 4.63. The Bertz CT molecular complexity index is 1460. The molecule has 0 N–H and O–H groups in total. The molecule has 0 saturated heterocycles. The molecular formula is C30H22N2O4. The van der Waals surface area contributed by atoms with Crippen LogP contribution in [0.5, 0.6) is 17.2 Å². The van der Waals surface area contributed by atoms with Gasteiger partial charge in [-0.2, -0.15) is 10.5 Å². The van der Waals surface area contributed by atoms with E-state index in [0.29, 0.717) is 29.2 Å². The zero-order chi connectivity index (χ0) is 25.1. The number of nitrogens with zero attached hydrogens (tertiary/aromatic N) is 2.